The standard InChI is InChI=1S/C3H8.C2H6.CH4.2Ar/c1-3-2;1-2;;;/h3H2,1-2H3;1-2H3;1H4;;. The maximum atomic E-state index is 2.12. The van der Waals surface area contributed by atoms with Gasteiger partial charge in [-0.2, -0.15) is 0 Å². The first-order chi connectivity index (χ1) is 2.41. The molecule has 0 fully saturated rings. The van der Waals surface area contributed by atoms with Crippen molar-refractivity contribution < 1.29 is 75.5 Å². The fourth-order valence-corrected chi connectivity index (χ4v) is 0. The van der Waals surface area contributed by atoms with E-state index in [2.05, 4.69) is 13.8 Å². The van der Waals surface area contributed by atoms with Crippen LogP contribution in [0.5, 0.6) is 0 Å². The van der Waals surface area contributed by atoms with Crippen LogP contribution in [0, 0.1) is 75.5 Å². The minimum absolute atomic E-state index is 0. The molecule has 0 saturated carbocycles. The smallest absolute Gasteiger partial charge is 0 e. The van der Waals surface area contributed by atoms with Crippen LogP contribution >= 0.6 is 0 Å². The average Bonchev–Trinajstić information content (AvgIpc) is 1.46. The predicted molar refractivity (Wildman–Crippen MR) is 34.0 cm³/mol. The van der Waals surface area contributed by atoms with Crippen LogP contribution in [0.15, 0.2) is 0 Å². The molecule has 0 nitrogen and oxygen atoms in total. The van der Waals surface area contributed by atoms with E-state index in [4.69, 9.17) is 0 Å². The van der Waals surface area contributed by atoms with Crippen LogP contribution in [0.1, 0.15) is 41.5 Å². The Bertz CT molecular complexity index is 6.49. The zero-order chi connectivity index (χ0) is 4.71. The summed E-state index contributed by atoms with van der Waals surface area (Å²) in [4.78, 5) is 0. The molecule has 0 saturated heterocycles. The van der Waals surface area contributed by atoms with Gasteiger partial charge in [0.15, 0.2) is 0 Å². The minimum atomic E-state index is 0. The van der Waals surface area contributed by atoms with Crippen LogP contribution in [0.25, 0.3) is 0 Å². The van der Waals surface area contributed by atoms with E-state index in [1.165, 1.54) is 6.42 Å². The summed E-state index contributed by atoms with van der Waals surface area (Å²) >= 11 is 0. The van der Waals surface area contributed by atoms with E-state index in [1.807, 2.05) is 13.8 Å². The molecule has 0 rings (SSSR count). The summed E-state index contributed by atoms with van der Waals surface area (Å²) in [5.74, 6) is 0. The molecule has 0 aliphatic heterocycles. The van der Waals surface area contributed by atoms with Gasteiger partial charge in [-0.25, -0.2) is 0 Å². The Morgan fingerprint density at radius 1 is 0.875 bits per heavy atom. The van der Waals surface area contributed by atoms with Gasteiger partial charge in [0.2, 0.25) is 0 Å². The minimum Gasteiger partial charge on any atom is -0.0776 e. The zero-order valence-electron chi connectivity index (χ0n) is 5.41. The van der Waals surface area contributed by atoms with Crippen molar-refractivity contribution in [1.29, 1.82) is 0 Å². The Morgan fingerprint density at radius 2 is 0.875 bits per heavy atom. The molecule has 0 aromatic heterocycles. The third-order valence-corrected chi connectivity index (χ3v) is 0. The molecule has 0 atom stereocenters. The van der Waals surface area contributed by atoms with Crippen molar-refractivity contribution in [2.24, 2.45) is 0 Å². The maximum Gasteiger partial charge on any atom is 0 e. The van der Waals surface area contributed by atoms with Gasteiger partial charge in [-0.15, -0.1) is 0 Å². The van der Waals surface area contributed by atoms with Crippen LogP contribution in [-0.4, -0.2) is 0 Å². The van der Waals surface area contributed by atoms with Crippen LogP contribution in [0.2, 0.25) is 0 Å². The molecule has 58 valence electrons. The van der Waals surface area contributed by atoms with Gasteiger partial charge >= 0.3 is 0 Å². The molecule has 0 aliphatic rings. The molecule has 0 bridgehead atoms. The summed E-state index contributed by atoms with van der Waals surface area (Å²) in [7, 11) is 0. The van der Waals surface area contributed by atoms with Crippen molar-refractivity contribution in [1.82, 2.24) is 0 Å². The van der Waals surface area contributed by atoms with E-state index in [9.17, 15) is 0 Å². The van der Waals surface area contributed by atoms with Gasteiger partial charge in [-0.3, -0.25) is 0 Å². The first-order valence-corrected chi connectivity index (χ1v) is 2.41. The second-order valence-electron chi connectivity index (χ2n) is 0.707. The monoisotopic (exact) mass is 170 g/mol. The normalized spacial score (nSPS) is 3.00. The van der Waals surface area contributed by atoms with Crippen molar-refractivity contribution in [3.05, 3.63) is 0 Å². The fourth-order valence-electron chi connectivity index (χ4n) is 0. The molecule has 0 N–H and O–H groups in total. The average molecular weight is 170 g/mol. The van der Waals surface area contributed by atoms with E-state index >= 15 is 0 Å². The molecule has 0 aromatic carbocycles. The summed E-state index contributed by atoms with van der Waals surface area (Å²) in [6.07, 6.45) is 1.25. The van der Waals surface area contributed by atoms with Crippen molar-refractivity contribution >= 4 is 0 Å². The van der Waals surface area contributed by atoms with Crippen LogP contribution < -0.4 is 0 Å². The van der Waals surface area contributed by atoms with Gasteiger partial charge in [0.25, 0.3) is 0 Å². The van der Waals surface area contributed by atoms with Crippen LogP contribution in [0.4, 0.5) is 0 Å². The van der Waals surface area contributed by atoms with Crippen molar-refractivity contribution in [3.63, 3.8) is 0 Å². The third kappa shape index (κ3) is 75.9. The van der Waals surface area contributed by atoms with Gasteiger partial charge < -0.3 is 0 Å². The Kier molecular flexibility index (Phi) is 218. The first kappa shape index (κ1) is 31.3. The molecule has 2 heteroatoms. The maximum absolute atomic E-state index is 2.12. The Morgan fingerprint density at radius 3 is 0.875 bits per heavy atom. The van der Waals surface area contributed by atoms with Gasteiger partial charge in [0.05, 0.1) is 0 Å². The van der Waals surface area contributed by atoms with Crippen LogP contribution in [-0.2, 0) is 0 Å². The molecule has 0 aliphatic carbocycles. The summed E-state index contributed by atoms with van der Waals surface area (Å²) in [5.41, 5.74) is 0. The summed E-state index contributed by atoms with van der Waals surface area (Å²) in [6.45, 7) is 8.25. The van der Waals surface area contributed by atoms with Crippen molar-refractivity contribution in [2.45, 2.75) is 41.5 Å². The molecular weight excluding hydrogens is 152 g/mol. The summed E-state index contributed by atoms with van der Waals surface area (Å²) < 4.78 is 0. The van der Waals surface area contributed by atoms with E-state index < -0.39 is 0 Å². The van der Waals surface area contributed by atoms with Crippen LogP contribution in [0.3, 0.4) is 0 Å². The predicted octanol–water partition coefficient (Wildman–Crippen LogP) is 3.08. The summed E-state index contributed by atoms with van der Waals surface area (Å²) in [6, 6.07) is 0. The number of hydrogen-bond acceptors (Lipinski definition) is 0. The largest absolute Gasteiger partial charge is 0.0776 e. The molecule has 0 amide bonds. The van der Waals surface area contributed by atoms with Gasteiger partial charge in [0.1, 0.15) is 0 Å². The third-order valence-electron chi connectivity index (χ3n) is 0. The topological polar surface area (TPSA) is 0 Å². The molecule has 0 aromatic rings. The van der Waals surface area contributed by atoms with E-state index in [0.717, 1.165) is 0 Å². The Hall–Kier alpha value is 2.52. The van der Waals surface area contributed by atoms with Gasteiger partial charge in [-0.1, -0.05) is 41.5 Å². The second-order valence-corrected chi connectivity index (χ2v) is 0.707. The van der Waals surface area contributed by atoms with Crippen molar-refractivity contribution in [3.8, 4) is 0 Å². The zero-order valence-corrected chi connectivity index (χ0v) is 6.83. The van der Waals surface area contributed by atoms with Gasteiger partial charge in [-0.05, 0) is 0 Å². The van der Waals surface area contributed by atoms with E-state index in [-0.39, 0.29) is 82.9 Å². The van der Waals surface area contributed by atoms with E-state index in [1.54, 1.807) is 0 Å². The first-order valence-electron chi connectivity index (χ1n) is 2.41. The number of hydrogen-bond donors (Lipinski definition) is 0. The quantitative estimate of drug-likeness (QED) is 0.524. The molecule has 0 heterocycles. The van der Waals surface area contributed by atoms with E-state index in [0.29, 0.717) is 0 Å². The SMILES string of the molecule is C.CC.CCC.[Ar].[Ar]. The fraction of sp³-hybridized carbons (Fsp3) is 1.00. The molecule has 0 radical (unpaired) electrons. The molecule has 0 unspecified atom stereocenters. The Labute approximate surface area is 115 Å². The molecular formula is C6H18Ar2. The molecule has 0 spiro atoms. The Balaban J connectivity index is -0.00000000567. The second kappa shape index (κ2) is 55.8. The van der Waals surface area contributed by atoms with Crippen molar-refractivity contribution in [2.75, 3.05) is 0 Å². The summed E-state index contributed by atoms with van der Waals surface area (Å²) in [5, 5.41) is 0. The molecule has 8 heavy (non-hydrogen) atoms. The van der Waals surface area contributed by atoms with Gasteiger partial charge in [0, 0.05) is 75.5 Å². The number of rotatable bonds is 0.